The van der Waals surface area contributed by atoms with E-state index in [0.29, 0.717) is 16.9 Å². The van der Waals surface area contributed by atoms with Crippen molar-refractivity contribution in [1.82, 2.24) is 15.1 Å². The first-order valence-corrected chi connectivity index (χ1v) is 11.5. The summed E-state index contributed by atoms with van der Waals surface area (Å²) in [5.41, 5.74) is 2.12. The van der Waals surface area contributed by atoms with Crippen LogP contribution in [-0.4, -0.2) is 21.7 Å². The molecule has 0 saturated carbocycles. The first kappa shape index (κ1) is 24.4. The summed E-state index contributed by atoms with van der Waals surface area (Å²) in [7, 11) is 0. The van der Waals surface area contributed by atoms with Crippen molar-refractivity contribution in [2.75, 3.05) is 0 Å². The third-order valence-electron chi connectivity index (χ3n) is 5.98. The molecule has 1 aromatic heterocycles. The molecule has 2 atom stereocenters. The number of carbonyl (C=O) groups is 1. The monoisotopic (exact) mass is 477 g/mol. The van der Waals surface area contributed by atoms with E-state index >= 15 is 0 Å². The average Bonchev–Trinajstić information content (AvgIpc) is 3.22. The minimum absolute atomic E-state index is 0.122. The summed E-state index contributed by atoms with van der Waals surface area (Å²) in [5, 5.41) is 8.28. The molecule has 35 heavy (non-hydrogen) atoms. The van der Waals surface area contributed by atoms with E-state index in [4.69, 9.17) is 4.74 Å². The second-order valence-electron chi connectivity index (χ2n) is 9.76. The molecular weight excluding hydrogens is 448 g/mol. The number of benzene rings is 3. The number of amides is 1. The van der Waals surface area contributed by atoms with Gasteiger partial charge in [0, 0.05) is 16.4 Å². The lowest BCUT2D eigenvalue weighted by atomic mass is 9.93. The standard InChI is InChI=1S/C28H29F2N3O2/c1-17-23(7-6-8-24(17)30)26(18(2)32-27(34)28(3,4)5)35-22-13-14-25-19(15-22)16-31-33(25)21-11-9-20(29)10-12-21/h6-16,18,26H,1-5H3,(H,32,34). The number of ether oxygens (including phenoxy) is 1. The highest BCUT2D eigenvalue weighted by Crippen LogP contribution is 2.31. The molecule has 0 saturated heterocycles. The number of rotatable bonds is 6. The molecule has 3 aromatic carbocycles. The second kappa shape index (κ2) is 9.49. The Morgan fingerprint density at radius 3 is 2.46 bits per heavy atom. The highest BCUT2D eigenvalue weighted by molar-refractivity contribution is 5.82. The number of carbonyl (C=O) groups excluding carboxylic acids is 1. The summed E-state index contributed by atoms with van der Waals surface area (Å²) in [5.74, 6) is -0.209. The third kappa shape index (κ3) is 5.19. The first-order valence-electron chi connectivity index (χ1n) is 11.5. The molecular formula is C28H29F2N3O2. The molecule has 0 bridgehead atoms. The maximum Gasteiger partial charge on any atom is 0.225 e. The quantitative estimate of drug-likeness (QED) is 0.355. The molecule has 0 fully saturated rings. The molecule has 182 valence electrons. The zero-order valence-corrected chi connectivity index (χ0v) is 20.5. The fraction of sp³-hybridized carbons (Fsp3) is 0.286. The van der Waals surface area contributed by atoms with Gasteiger partial charge in [0.2, 0.25) is 5.91 Å². The van der Waals surface area contributed by atoms with E-state index in [1.165, 1.54) is 18.2 Å². The molecule has 1 N–H and O–H groups in total. The Hall–Kier alpha value is -3.74. The zero-order chi connectivity index (χ0) is 25.3. The van der Waals surface area contributed by atoms with Crippen LogP contribution >= 0.6 is 0 Å². The van der Waals surface area contributed by atoms with Gasteiger partial charge in [0.25, 0.3) is 0 Å². The summed E-state index contributed by atoms with van der Waals surface area (Å²) in [6.45, 7) is 9.07. The number of nitrogens with zero attached hydrogens (tertiary/aromatic N) is 2. The van der Waals surface area contributed by atoms with E-state index in [2.05, 4.69) is 10.4 Å². The summed E-state index contributed by atoms with van der Waals surface area (Å²) in [6.07, 6.45) is 1.08. The zero-order valence-electron chi connectivity index (χ0n) is 20.5. The Labute approximate surface area is 203 Å². The highest BCUT2D eigenvalue weighted by atomic mass is 19.1. The summed E-state index contributed by atoms with van der Waals surface area (Å²) < 4.78 is 35.8. The topological polar surface area (TPSA) is 56.1 Å². The van der Waals surface area contributed by atoms with Crippen LogP contribution in [0, 0.1) is 24.0 Å². The van der Waals surface area contributed by atoms with Crippen LogP contribution in [0.5, 0.6) is 5.75 Å². The molecule has 4 aromatic rings. The Kier molecular flexibility index (Phi) is 6.61. The molecule has 1 heterocycles. The molecule has 2 unspecified atom stereocenters. The molecule has 4 rings (SSSR count). The van der Waals surface area contributed by atoms with E-state index in [1.807, 2.05) is 52.0 Å². The lowest BCUT2D eigenvalue weighted by molar-refractivity contribution is -0.129. The van der Waals surface area contributed by atoms with Gasteiger partial charge in [-0.1, -0.05) is 32.9 Å². The molecule has 0 spiro atoms. The molecule has 1 amide bonds. The molecule has 0 aliphatic heterocycles. The Morgan fingerprint density at radius 2 is 1.77 bits per heavy atom. The van der Waals surface area contributed by atoms with Crippen LogP contribution in [-0.2, 0) is 4.79 Å². The predicted molar refractivity (Wildman–Crippen MR) is 133 cm³/mol. The van der Waals surface area contributed by atoms with Crippen LogP contribution in [0.15, 0.2) is 66.9 Å². The van der Waals surface area contributed by atoms with E-state index in [-0.39, 0.29) is 17.5 Å². The predicted octanol–water partition coefficient (Wildman–Crippen LogP) is 6.28. The van der Waals surface area contributed by atoms with Gasteiger partial charge >= 0.3 is 0 Å². The van der Waals surface area contributed by atoms with Crippen molar-refractivity contribution < 1.29 is 18.3 Å². The SMILES string of the molecule is Cc1c(F)cccc1C(Oc1ccc2c(cnn2-c2ccc(F)cc2)c1)C(C)NC(=O)C(C)(C)C. The van der Waals surface area contributed by atoms with Crippen molar-refractivity contribution in [3.05, 3.63) is 89.6 Å². The fourth-order valence-electron chi connectivity index (χ4n) is 3.89. The molecule has 7 heteroatoms. The largest absolute Gasteiger partial charge is 0.484 e. The minimum Gasteiger partial charge on any atom is -0.484 e. The molecule has 0 aliphatic carbocycles. The number of aromatic nitrogens is 2. The Morgan fingerprint density at radius 1 is 1.06 bits per heavy atom. The van der Waals surface area contributed by atoms with Gasteiger partial charge in [-0.05, 0) is 67.9 Å². The van der Waals surface area contributed by atoms with Crippen LogP contribution in [0.25, 0.3) is 16.6 Å². The lowest BCUT2D eigenvalue weighted by Crippen LogP contribution is -2.44. The van der Waals surface area contributed by atoms with Crippen molar-refractivity contribution in [3.63, 3.8) is 0 Å². The van der Waals surface area contributed by atoms with Crippen molar-refractivity contribution >= 4 is 16.8 Å². The number of hydrogen-bond acceptors (Lipinski definition) is 3. The van der Waals surface area contributed by atoms with Gasteiger partial charge in [-0.2, -0.15) is 5.10 Å². The van der Waals surface area contributed by atoms with Crippen LogP contribution < -0.4 is 10.1 Å². The van der Waals surface area contributed by atoms with Gasteiger partial charge in [0.1, 0.15) is 23.5 Å². The minimum atomic E-state index is -0.624. The van der Waals surface area contributed by atoms with Gasteiger partial charge < -0.3 is 10.1 Å². The number of fused-ring (bicyclic) bond motifs is 1. The Balaban J connectivity index is 1.68. The second-order valence-corrected chi connectivity index (χ2v) is 9.76. The van der Waals surface area contributed by atoms with E-state index in [1.54, 1.807) is 36.0 Å². The van der Waals surface area contributed by atoms with Gasteiger partial charge in [-0.3, -0.25) is 4.79 Å². The van der Waals surface area contributed by atoms with Crippen LogP contribution in [0.1, 0.15) is 44.9 Å². The normalized spacial score (nSPS) is 13.5. The van der Waals surface area contributed by atoms with Crippen molar-refractivity contribution in [2.45, 2.75) is 46.8 Å². The van der Waals surface area contributed by atoms with E-state index in [9.17, 15) is 13.6 Å². The third-order valence-corrected chi connectivity index (χ3v) is 5.98. The van der Waals surface area contributed by atoms with Gasteiger partial charge in [-0.15, -0.1) is 0 Å². The fourth-order valence-corrected chi connectivity index (χ4v) is 3.89. The summed E-state index contributed by atoms with van der Waals surface area (Å²) in [4.78, 5) is 12.7. The van der Waals surface area contributed by atoms with Crippen LogP contribution in [0.3, 0.4) is 0 Å². The number of nitrogens with one attached hydrogen (secondary N) is 1. The number of halogens is 2. The van der Waals surface area contributed by atoms with Crippen molar-refractivity contribution in [3.8, 4) is 11.4 Å². The van der Waals surface area contributed by atoms with E-state index in [0.717, 1.165) is 16.6 Å². The average molecular weight is 478 g/mol. The lowest BCUT2D eigenvalue weighted by Gasteiger charge is -2.30. The maximum absolute atomic E-state index is 14.4. The van der Waals surface area contributed by atoms with Gasteiger partial charge in [-0.25, -0.2) is 13.5 Å². The van der Waals surface area contributed by atoms with Crippen LogP contribution in [0.4, 0.5) is 8.78 Å². The summed E-state index contributed by atoms with van der Waals surface area (Å²) in [6, 6.07) is 16.1. The Bertz CT molecular complexity index is 1360. The smallest absolute Gasteiger partial charge is 0.225 e. The van der Waals surface area contributed by atoms with Crippen molar-refractivity contribution in [1.29, 1.82) is 0 Å². The van der Waals surface area contributed by atoms with E-state index < -0.39 is 17.6 Å². The van der Waals surface area contributed by atoms with Gasteiger partial charge in [0.15, 0.2) is 0 Å². The first-order chi connectivity index (χ1) is 16.5. The molecule has 5 nitrogen and oxygen atoms in total. The van der Waals surface area contributed by atoms with Crippen molar-refractivity contribution in [2.24, 2.45) is 5.41 Å². The molecule has 0 aliphatic rings. The van der Waals surface area contributed by atoms with Gasteiger partial charge in [0.05, 0.1) is 23.4 Å². The van der Waals surface area contributed by atoms with Crippen LogP contribution in [0.2, 0.25) is 0 Å². The maximum atomic E-state index is 14.4. The summed E-state index contributed by atoms with van der Waals surface area (Å²) >= 11 is 0. The highest BCUT2D eigenvalue weighted by Gasteiger charge is 2.29. The molecule has 0 radical (unpaired) electrons. The number of hydrogen-bond donors (Lipinski definition) is 1.